The molecule has 6 heteroatoms. The van der Waals surface area contributed by atoms with Crippen LogP contribution in [0.2, 0.25) is 0 Å². The molecule has 0 radical (unpaired) electrons. The second-order valence-electron chi connectivity index (χ2n) is 6.64. The summed E-state index contributed by atoms with van der Waals surface area (Å²) in [7, 11) is 1.65. The van der Waals surface area contributed by atoms with Gasteiger partial charge in [-0.05, 0) is 36.1 Å². The highest BCUT2D eigenvalue weighted by atomic mass is 16.5. The highest BCUT2D eigenvalue weighted by Gasteiger charge is 2.35. The van der Waals surface area contributed by atoms with Crippen molar-refractivity contribution in [2.75, 3.05) is 13.7 Å². The van der Waals surface area contributed by atoms with Gasteiger partial charge in [-0.1, -0.05) is 36.4 Å². The maximum absolute atomic E-state index is 12.7. The zero-order valence-corrected chi connectivity index (χ0v) is 15.4. The van der Waals surface area contributed by atoms with E-state index in [0.717, 1.165) is 17.5 Å². The molecule has 0 aromatic heterocycles. The number of phenols is 1. The fraction of sp³-hybridized carbons (Fsp3) is 0.333. The highest BCUT2D eigenvalue weighted by Crippen LogP contribution is 2.24. The van der Waals surface area contributed by atoms with Crippen molar-refractivity contribution in [3.8, 4) is 5.75 Å². The van der Waals surface area contributed by atoms with Crippen molar-refractivity contribution < 1.29 is 19.4 Å². The lowest BCUT2D eigenvalue weighted by Crippen LogP contribution is -2.45. The molecule has 1 heterocycles. The number of nitrogens with one attached hydrogen (secondary N) is 1. The van der Waals surface area contributed by atoms with Gasteiger partial charge in [0.1, 0.15) is 11.8 Å². The second-order valence-corrected chi connectivity index (χ2v) is 6.64. The van der Waals surface area contributed by atoms with Crippen LogP contribution in [-0.4, -0.2) is 41.5 Å². The van der Waals surface area contributed by atoms with Gasteiger partial charge in [0.25, 0.3) is 5.91 Å². The van der Waals surface area contributed by atoms with Crippen LogP contribution in [-0.2, 0) is 22.7 Å². The van der Waals surface area contributed by atoms with Crippen LogP contribution in [0.25, 0.3) is 0 Å². The van der Waals surface area contributed by atoms with Gasteiger partial charge in [-0.3, -0.25) is 9.59 Å². The van der Waals surface area contributed by atoms with Gasteiger partial charge in [-0.15, -0.1) is 0 Å². The second kappa shape index (κ2) is 8.68. The van der Waals surface area contributed by atoms with Crippen LogP contribution in [0.3, 0.4) is 0 Å². The van der Waals surface area contributed by atoms with Crippen LogP contribution < -0.4 is 5.32 Å². The number of amides is 2. The lowest BCUT2D eigenvalue weighted by Gasteiger charge is -2.24. The minimum Gasteiger partial charge on any atom is -0.507 e. The lowest BCUT2D eigenvalue weighted by atomic mass is 10.1. The average Bonchev–Trinajstić information content (AvgIpc) is 3.17. The first kappa shape index (κ1) is 18.9. The summed E-state index contributed by atoms with van der Waals surface area (Å²) >= 11 is 0. The molecule has 0 aliphatic carbocycles. The number of para-hydroxylation sites is 1. The Morgan fingerprint density at radius 2 is 1.85 bits per heavy atom. The summed E-state index contributed by atoms with van der Waals surface area (Å²) in [5.74, 6) is -0.545. The van der Waals surface area contributed by atoms with Crippen molar-refractivity contribution >= 4 is 11.8 Å². The van der Waals surface area contributed by atoms with Gasteiger partial charge >= 0.3 is 0 Å². The van der Waals surface area contributed by atoms with Crippen molar-refractivity contribution in [1.29, 1.82) is 0 Å². The van der Waals surface area contributed by atoms with E-state index < -0.39 is 6.04 Å². The Labute approximate surface area is 158 Å². The number of benzene rings is 2. The first-order valence-corrected chi connectivity index (χ1v) is 9.03. The Hall–Kier alpha value is -2.86. The van der Waals surface area contributed by atoms with E-state index in [1.807, 2.05) is 24.3 Å². The monoisotopic (exact) mass is 368 g/mol. The molecule has 3 rings (SSSR count). The molecule has 2 N–H and O–H groups in total. The summed E-state index contributed by atoms with van der Waals surface area (Å²) < 4.78 is 5.09. The molecular formula is C21H24N2O4. The zero-order chi connectivity index (χ0) is 19.2. The van der Waals surface area contributed by atoms with Crippen LogP contribution in [0, 0.1) is 0 Å². The molecule has 1 saturated heterocycles. The smallest absolute Gasteiger partial charge is 0.258 e. The van der Waals surface area contributed by atoms with Gasteiger partial charge in [0.15, 0.2) is 0 Å². The Morgan fingerprint density at radius 1 is 1.15 bits per heavy atom. The molecule has 2 aromatic carbocycles. The topological polar surface area (TPSA) is 78.9 Å². The van der Waals surface area contributed by atoms with E-state index in [2.05, 4.69) is 5.32 Å². The van der Waals surface area contributed by atoms with Crippen LogP contribution in [0.1, 0.15) is 34.3 Å². The van der Waals surface area contributed by atoms with Crippen molar-refractivity contribution in [2.24, 2.45) is 0 Å². The van der Waals surface area contributed by atoms with Gasteiger partial charge in [0.05, 0.1) is 12.2 Å². The van der Waals surface area contributed by atoms with Crippen LogP contribution in [0.5, 0.6) is 5.75 Å². The number of ether oxygens (including phenoxy) is 1. The Kier molecular flexibility index (Phi) is 6.08. The van der Waals surface area contributed by atoms with Crippen molar-refractivity contribution in [3.05, 3.63) is 65.2 Å². The quantitative estimate of drug-likeness (QED) is 0.821. The van der Waals surface area contributed by atoms with E-state index in [0.29, 0.717) is 26.1 Å². The van der Waals surface area contributed by atoms with E-state index in [-0.39, 0.29) is 23.1 Å². The third-order valence-corrected chi connectivity index (χ3v) is 4.75. The van der Waals surface area contributed by atoms with E-state index in [4.69, 9.17) is 4.74 Å². The number of likely N-dealkylation sites (tertiary alicyclic amines) is 1. The summed E-state index contributed by atoms with van der Waals surface area (Å²) in [5, 5.41) is 12.8. The minimum absolute atomic E-state index is 0.0651. The summed E-state index contributed by atoms with van der Waals surface area (Å²) in [6, 6.07) is 13.7. The number of nitrogens with zero attached hydrogens (tertiary/aromatic N) is 1. The number of carbonyl (C=O) groups excluding carboxylic acids is 2. The number of carbonyl (C=O) groups is 2. The van der Waals surface area contributed by atoms with E-state index in [1.165, 1.54) is 6.07 Å². The summed E-state index contributed by atoms with van der Waals surface area (Å²) in [5.41, 5.74) is 2.29. The zero-order valence-electron chi connectivity index (χ0n) is 15.4. The highest BCUT2D eigenvalue weighted by molar-refractivity contribution is 5.99. The Bertz CT molecular complexity index is 804. The number of hydrogen-bond donors (Lipinski definition) is 2. The lowest BCUT2D eigenvalue weighted by molar-refractivity contribution is -0.125. The molecule has 2 aromatic rings. The predicted octanol–water partition coefficient (Wildman–Crippen LogP) is 2.46. The van der Waals surface area contributed by atoms with Gasteiger partial charge in [-0.25, -0.2) is 0 Å². The molecule has 6 nitrogen and oxygen atoms in total. The molecule has 0 unspecified atom stereocenters. The SMILES string of the molecule is COCc1ccc(CNC(=O)[C@@H]2CCCN2C(=O)c2ccccc2O)cc1. The summed E-state index contributed by atoms with van der Waals surface area (Å²) in [6.07, 6.45) is 1.39. The third-order valence-electron chi connectivity index (χ3n) is 4.75. The van der Waals surface area contributed by atoms with Gasteiger partial charge in [0.2, 0.25) is 5.91 Å². The minimum atomic E-state index is -0.509. The predicted molar refractivity (Wildman–Crippen MR) is 101 cm³/mol. The van der Waals surface area contributed by atoms with Gasteiger partial charge < -0.3 is 20.1 Å². The molecular weight excluding hydrogens is 344 g/mol. The Morgan fingerprint density at radius 3 is 2.56 bits per heavy atom. The molecule has 0 spiro atoms. The Balaban J connectivity index is 1.62. The maximum Gasteiger partial charge on any atom is 0.258 e. The molecule has 2 amide bonds. The van der Waals surface area contributed by atoms with Crippen molar-refractivity contribution in [2.45, 2.75) is 32.0 Å². The molecule has 27 heavy (non-hydrogen) atoms. The van der Waals surface area contributed by atoms with Crippen LogP contribution in [0.4, 0.5) is 0 Å². The standard InChI is InChI=1S/C21H24N2O4/c1-27-14-16-10-8-15(9-11-16)13-22-20(25)18-6-4-12-23(18)21(26)17-5-2-3-7-19(17)24/h2-3,5,7-11,18,24H,4,6,12-14H2,1H3,(H,22,25)/t18-/m0/s1. The number of hydrogen-bond acceptors (Lipinski definition) is 4. The molecule has 1 fully saturated rings. The molecule has 1 aliphatic rings. The van der Waals surface area contributed by atoms with E-state index >= 15 is 0 Å². The molecule has 0 bridgehead atoms. The van der Waals surface area contributed by atoms with Gasteiger partial charge in [0, 0.05) is 20.2 Å². The molecule has 142 valence electrons. The fourth-order valence-electron chi connectivity index (χ4n) is 3.32. The van der Waals surface area contributed by atoms with Crippen LogP contribution >= 0.6 is 0 Å². The van der Waals surface area contributed by atoms with Gasteiger partial charge in [-0.2, -0.15) is 0 Å². The first-order valence-electron chi connectivity index (χ1n) is 9.03. The van der Waals surface area contributed by atoms with E-state index in [9.17, 15) is 14.7 Å². The first-order chi connectivity index (χ1) is 13.1. The molecule has 1 aliphatic heterocycles. The fourth-order valence-corrected chi connectivity index (χ4v) is 3.32. The molecule has 0 saturated carbocycles. The van der Waals surface area contributed by atoms with E-state index in [1.54, 1.807) is 30.2 Å². The normalized spacial score (nSPS) is 16.3. The number of rotatable bonds is 6. The summed E-state index contributed by atoms with van der Waals surface area (Å²) in [6.45, 7) is 1.47. The van der Waals surface area contributed by atoms with Crippen molar-refractivity contribution in [3.63, 3.8) is 0 Å². The largest absolute Gasteiger partial charge is 0.507 e. The number of aromatic hydroxyl groups is 1. The maximum atomic E-state index is 12.7. The number of phenolic OH excluding ortho intramolecular Hbond substituents is 1. The average molecular weight is 368 g/mol. The van der Waals surface area contributed by atoms with Crippen LogP contribution in [0.15, 0.2) is 48.5 Å². The summed E-state index contributed by atoms with van der Waals surface area (Å²) in [4.78, 5) is 26.9. The number of methoxy groups -OCH3 is 1. The molecule has 1 atom stereocenters. The third kappa shape index (κ3) is 4.46. The van der Waals surface area contributed by atoms with Crippen molar-refractivity contribution in [1.82, 2.24) is 10.2 Å².